The zero-order valence-corrected chi connectivity index (χ0v) is 16.7. The molecule has 0 saturated heterocycles. The van der Waals surface area contributed by atoms with E-state index in [2.05, 4.69) is 15.5 Å². The molecule has 11 heteroatoms. The van der Waals surface area contributed by atoms with Gasteiger partial charge in [0.2, 0.25) is 6.79 Å². The second-order valence-electron chi connectivity index (χ2n) is 5.96. The quantitative estimate of drug-likeness (QED) is 0.275. The Morgan fingerprint density at radius 3 is 2.90 bits per heavy atom. The summed E-state index contributed by atoms with van der Waals surface area (Å²) in [4.78, 5) is 27.5. The number of nitrogens with zero attached hydrogens (tertiary/aromatic N) is 3. The second kappa shape index (κ2) is 8.05. The Labute approximate surface area is 172 Å². The fourth-order valence-electron chi connectivity index (χ4n) is 2.57. The molecule has 0 spiro atoms. The zero-order valence-electron chi connectivity index (χ0n) is 15.0. The van der Waals surface area contributed by atoms with Crippen LogP contribution in [-0.4, -0.2) is 34.1 Å². The number of hydrogen-bond acceptors (Lipinski definition) is 9. The summed E-state index contributed by atoms with van der Waals surface area (Å²) < 4.78 is 12.2. The van der Waals surface area contributed by atoms with Crippen LogP contribution in [0.2, 0.25) is 0 Å². The number of carbonyl (C=O) groups excluding carboxylic acids is 1. The number of thiazole rings is 1. The van der Waals surface area contributed by atoms with Gasteiger partial charge in [-0.1, -0.05) is 23.9 Å². The highest BCUT2D eigenvalue weighted by Crippen LogP contribution is 2.37. The van der Waals surface area contributed by atoms with Crippen molar-refractivity contribution in [1.29, 1.82) is 0 Å². The molecule has 1 amide bonds. The molecule has 1 atom stereocenters. The number of fused-ring (bicyclic) bond motifs is 2. The van der Waals surface area contributed by atoms with E-state index in [4.69, 9.17) is 9.47 Å². The lowest BCUT2D eigenvalue weighted by Crippen LogP contribution is -2.26. The van der Waals surface area contributed by atoms with Crippen molar-refractivity contribution in [2.45, 2.75) is 16.5 Å². The molecule has 1 N–H and O–H groups in total. The van der Waals surface area contributed by atoms with Gasteiger partial charge in [-0.25, -0.2) is 10.4 Å². The smallest absolute Gasteiger partial charge is 0.282 e. The van der Waals surface area contributed by atoms with E-state index in [0.29, 0.717) is 11.5 Å². The van der Waals surface area contributed by atoms with E-state index in [1.165, 1.54) is 41.4 Å². The molecule has 0 unspecified atom stereocenters. The molecule has 0 bridgehead atoms. The van der Waals surface area contributed by atoms with Crippen molar-refractivity contribution < 1.29 is 19.2 Å². The van der Waals surface area contributed by atoms with Crippen LogP contribution in [0.4, 0.5) is 5.69 Å². The number of rotatable bonds is 6. The zero-order chi connectivity index (χ0) is 20.4. The summed E-state index contributed by atoms with van der Waals surface area (Å²) in [5.74, 6) is 0.357. The van der Waals surface area contributed by atoms with Crippen molar-refractivity contribution in [1.82, 2.24) is 10.4 Å². The van der Waals surface area contributed by atoms with Gasteiger partial charge in [-0.05, 0) is 25.1 Å². The van der Waals surface area contributed by atoms with Gasteiger partial charge in [-0.15, -0.1) is 11.3 Å². The minimum atomic E-state index is -0.545. The van der Waals surface area contributed by atoms with E-state index in [1.807, 2.05) is 24.3 Å². The molecule has 2 heterocycles. The highest BCUT2D eigenvalue weighted by Gasteiger charge is 2.23. The summed E-state index contributed by atoms with van der Waals surface area (Å²) in [6.07, 6.45) is 1.22. The average molecular weight is 430 g/mol. The third kappa shape index (κ3) is 4.15. The van der Waals surface area contributed by atoms with E-state index in [0.717, 1.165) is 14.6 Å². The van der Waals surface area contributed by atoms with Gasteiger partial charge in [0, 0.05) is 0 Å². The highest BCUT2D eigenvalue weighted by molar-refractivity contribution is 8.02. The summed E-state index contributed by atoms with van der Waals surface area (Å²) in [6.45, 7) is 1.74. The number of benzene rings is 2. The summed E-state index contributed by atoms with van der Waals surface area (Å²) in [6, 6.07) is 10.5. The molecule has 29 heavy (non-hydrogen) atoms. The molecule has 4 rings (SSSR count). The number of nitro groups is 1. The van der Waals surface area contributed by atoms with Gasteiger partial charge in [-0.2, -0.15) is 5.10 Å². The molecule has 148 valence electrons. The number of para-hydroxylation sites is 1. The minimum absolute atomic E-state index is 0.00429. The average Bonchev–Trinajstić information content (AvgIpc) is 3.32. The summed E-state index contributed by atoms with van der Waals surface area (Å²) in [5, 5.41) is 14.7. The largest absolute Gasteiger partial charge is 0.454 e. The lowest BCUT2D eigenvalue weighted by atomic mass is 10.1. The minimum Gasteiger partial charge on any atom is -0.454 e. The number of hydrazone groups is 1. The number of hydrogen-bond donors (Lipinski definition) is 1. The molecule has 0 fully saturated rings. The summed E-state index contributed by atoms with van der Waals surface area (Å²) >= 11 is 2.84. The molecule has 3 aromatic rings. The maximum atomic E-state index is 12.3. The Morgan fingerprint density at radius 1 is 1.38 bits per heavy atom. The van der Waals surface area contributed by atoms with E-state index in [-0.39, 0.29) is 24.0 Å². The van der Waals surface area contributed by atoms with Gasteiger partial charge in [0.1, 0.15) is 0 Å². The molecule has 1 aromatic heterocycles. The third-order valence-electron chi connectivity index (χ3n) is 4.02. The lowest BCUT2D eigenvalue weighted by molar-refractivity contribution is -0.385. The van der Waals surface area contributed by atoms with Crippen LogP contribution in [0.15, 0.2) is 45.8 Å². The number of thioether (sulfide) groups is 1. The molecule has 2 aromatic carbocycles. The molecule has 0 saturated carbocycles. The van der Waals surface area contributed by atoms with Crippen LogP contribution in [0.3, 0.4) is 0 Å². The lowest BCUT2D eigenvalue weighted by Gasteiger charge is -2.06. The van der Waals surface area contributed by atoms with E-state index in [1.54, 1.807) is 6.92 Å². The van der Waals surface area contributed by atoms with Crippen LogP contribution in [0, 0.1) is 10.1 Å². The Balaban J connectivity index is 1.42. The predicted molar refractivity (Wildman–Crippen MR) is 110 cm³/mol. The number of carbonyl (C=O) groups is 1. The topological polar surface area (TPSA) is 116 Å². The van der Waals surface area contributed by atoms with Crippen LogP contribution in [0.1, 0.15) is 12.5 Å². The van der Waals surface area contributed by atoms with Gasteiger partial charge >= 0.3 is 0 Å². The predicted octanol–water partition coefficient (Wildman–Crippen LogP) is 3.56. The van der Waals surface area contributed by atoms with Crippen molar-refractivity contribution >= 4 is 51.1 Å². The summed E-state index contributed by atoms with van der Waals surface area (Å²) in [7, 11) is 0. The first-order valence-corrected chi connectivity index (χ1v) is 10.1. The molecule has 1 aliphatic rings. The number of nitro benzene ring substituents is 1. The van der Waals surface area contributed by atoms with Gasteiger partial charge < -0.3 is 9.47 Å². The molecule has 9 nitrogen and oxygen atoms in total. The molecule has 0 aliphatic carbocycles. The Bertz CT molecular complexity index is 1100. The van der Waals surface area contributed by atoms with Crippen LogP contribution < -0.4 is 14.9 Å². The van der Waals surface area contributed by atoms with Crippen LogP contribution in [0.25, 0.3) is 10.2 Å². The summed E-state index contributed by atoms with van der Waals surface area (Å²) in [5.41, 5.74) is 3.31. The molecule has 0 radical (unpaired) electrons. The van der Waals surface area contributed by atoms with Crippen molar-refractivity contribution in [2.24, 2.45) is 5.10 Å². The van der Waals surface area contributed by atoms with Crippen molar-refractivity contribution in [3.05, 3.63) is 52.1 Å². The SMILES string of the molecule is C[C@H](Sc1nc2ccccc2s1)C(=O)N/N=C\c1cc2c(cc1[N+](=O)[O-])OCO2. The van der Waals surface area contributed by atoms with Crippen LogP contribution in [-0.2, 0) is 4.79 Å². The fraction of sp³-hybridized carbons (Fsp3) is 0.167. The Hall–Kier alpha value is -3.18. The first-order valence-electron chi connectivity index (χ1n) is 8.44. The van der Waals surface area contributed by atoms with Gasteiger partial charge in [-0.3, -0.25) is 14.9 Å². The standard InChI is InChI=1S/C18H14N4O5S2/c1-10(28-18-20-12-4-2-3-5-16(12)29-18)17(23)21-19-8-11-6-14-15(27-9-26-14)7-13(11)22(24)25/h2-8,10H,9H2,1H3,(H,21,23)/b19-8-/t10-/m0/s1. The number of amides is 1. The normalized spacial score (nSPS) is 13.7. The maximum Gasteiger partial charge on any atom is 0.282 e. The maximum absolute atomic E-state index is 12.3. The number of aromatic nitrogens is 1. The Kier molecular flexibility index (Phi) is 5.32. The van der Waals surface area contributed by atoms with Gasteiger partial charge in [0.25, 0.3) is 11.6 Å². The van der Waals surface area contributed by atoms with Gasteiger partial charge in [0.05, 0.1) is 38.2 Å². The van der Waals surface area contributed by atoms with E-state index in [9.17, 15) is 14.9 Å². The Morgan fingerprint density at radius 2 is 2.14 bits per heavy atom. The first kappa shape index (κ1) is 19.2. The van der Waals surface area contributed by atoms with Crippen molar-refractivity contribution in [3.8, 4) is 11.5 Å². The molecular weight excluding hydrogens is 416 g/mol. The fourth-order valence-corrected chi connectivity index (χ4v) is 4.78. The number of ether oxygens (including phenoxy) is 2. The molecule has 1 aliphatic heterocycles. The monoisotopic (exact) mass is 430 g/mol. The van der Waals surface area contributed by atoms with Crippen LogP contribution >= 0.6 is 23.1 Å². The van der Waals surface area contributed by atoms with E-state index < -0.39 is 10.2 Å². The number of nitrogens with one attached hydrogen (secondary N) is 1. The van der Waals surface area contributed by atoms with Crippen LogP contribution in [0.5, 0.6) is 11.5 Å². The molecular formula is C18H14N4O5S2. The van der Waals surface area contributed by atoms with Gasteiger partial charge in [0.15, 0.2) is 15.8 Å². The highest BCUT2D eigenvalue weighted by atomic mass is 32.2. The van der Waals surface area contributed by atoms with Crippen molar-refractivity contribution in [3.63, 3.8) is 0 Å². The van der Waals surface area contributed by atoms with E-state index >= 15 is 0 Å². The van der Waals surface area contributed by atoms with Crippen molar-refractivity contribution in [2.75, 3.05) is 6.79 Å². The first-order chi connectivity index (χ1) is 14.0. The second-order valence-corrected chi connectivity index (χ2v) is 8.58. The third-order valence-corrected chi connectivity index (χ3v) is 6.25.